The fraction of sp³-hybridized carbons (Fsp3) is 0.500. The van der Waals surface area contributed by atoms with Gasteiger partial charge in [-0.1, -0.05) is 13.8 Å². The molecule has 1 aromatic carbocycles. The minimum Gasteiger partial charge on any atom is -0.496 e. The minimum absolute atomic E-state index is 0.00533. The van der Waals surface area contributed by atoms with Crippen LogP contribution in [0.4, 0.5) is 0 Å². The van der Waals surface area contributed by atoms with Crippen LogP contribution in [0.25, 0.3) is 0 Å². The Balaban J connectivity index is 3.15. The molecule has 0 saturated carbocycles. The van der Waals surface area contributed by atoms with E-state index in [2.05, 4.69) is 4.72 Å². The van der Waals surface area contributed by atoms with Crippen molar-refractivity contribution in [3.05, 3.63) is 23.8 Å². The maximum Gasteiger partial charge on any atom is 0.240 e. The fourth-order valence-corrected chi connectivity index (χ4v) is 2.65. The van der Waals surface area contributed by atoms with Crippen LogP contribution in [-0.2, 0) is 10.0 Å². The Labute approximate surface area is 108 Å². The first-order valence-corrected chi connectivity index (χ1v) is 7.19. The average molecular weight is 273 g/mol. The van der Waals surface area contributed by atoms with E-state index in [1.165, 1.54) is 6.07 Å². The van der Waals surface area contributed by atoms with Gasteiger partial charge in [0.2, 0.25) is 10.0 Å². The highest BCUT2D eigenvalue weighted by molar-refractivity contribution is 7.89. The molecule has 0 radical (unpaired) electrons. The molecule has 0 bridgehead atoms. The summed E-state index contributed by atoms with van der Waals surface area (Å²) < 4.78 is 31.3. The number of hydrogen-bond donors (Lipinski definition) is 2. The van der Waals surface area contributed by atoms with Crippen LogP contribution in [0.3, 0.4) is 0 Å². The molecular weight excluding hydrogens is 254 g/mol. The van der Waals surface area contributed by atoms with Crippen molar-refractivity contribution in [2.75, 3.05) is 20.3 Å². The summed E-state index contributed by atoms with van der Waals surface area (Å²) in [5.41, 5.74) is 0.837. The van der Waals surface area contributed by atoms with E-state index in [0.717, 1.165) is 5.56 Å². The van der Waals surface area contributed by atoms with Gasteiger partial charge in [0.15, 0.2) is 0 Å². The monoisotopic (exact) mass is 273 g/mol. The van der Waals surface area contributed by atoms with Crippen molar-refractivity contribution in [3.8, 4) is 5.75 Å². The standard InChI is InChI=1S/C12H19NO4S/c1-9(2)11-8-10(4-5-12(11)17-3)18(15,16)13-6-7-14/h4-5,8-9,13-14H,6-7H2,1-3H3. The highest BCUT2D eigenvalue weighted by atomic mass is 32.2. The third-order valence-electron chi connectivity index (χ3n) is 2.54. The van der Waals surface area contributed by atoms with Crippen LogP contribution >= 0.6 is 0 Å². The highest BCUT2D eigenvalue weighted by Gasteiger charge is 2.17. The summed E-state index contributed by atoms with van der Waals surface area (Å²) in [6.07, 6.45) is 0. The quantitative estimate of drug-likeness (QED) is 0.813. The molecule has 0 saturated heterocycles. The molecule has 5 nitrogen and oxygen atoms in total. The first kappa shape index (κ1) is 14.9. The topological polar surface area (TPSA) is 75.6 Å². The Morgan fingerprint density at radius 3 is 2.56 bits per heavy atom. The van der Waals surface area contributed by atoms with Crippen molar-refractivity contribution in [3.63, 3.8) is 0 Å². The number of ether oxygens (including phenoxy) is 1. The van der Waals surface area contributed by atoms with Crippen molar-refractivity contribution in [1.82, 2.24) is 4.72 Å². The molecule has 0 heterocycles. The minimum atomic E-state index is -3.57. The van der Waals surface area contributed by atoms with Gasteiger partial charge in [-0.2, -0.15) is 0 Å². The van der Waals surface area contributed by atoms with Gasteiger partial charge < -0.3 is 9.84 Å². The number of nitrogens with one attached hydrogen (secondary N) is 1. The zero-order valence-corrected chi connectivity index (χ0v) is 11.6. The number of methoxy groups -OCH3 is 1. The average Bonchev–Trinajstić information content (AvgIpc) is 2.35. The molecule has 0 spiro atoms. The van der Waals surface area contributed by atoms with Crippen LogP contribution in [0.5, 0.6) is 5.75 Å². The SMILES string of the molecule is COc1ccc(S(=O)(=O)NCCO)cc1C(C)C. The van der Waals surface area contributed by atoms with Crippen molar-refractivity contribution < 1.29 is 18.3 Å². The molecule has 0 unspecified atom stereocenters. The number of sulfonamides is 1. The first-order valence-electron chi connectivity index (χ1n) is 5.71. The summed E-state index contributed by atoms with van der Waals surface area (Å²) in [5.74, 6) is 0.832. The number of aliphatic hydroxyl groups is 1. The largest absolute Gasteiger partial charge is 0.496 e. The lowest BCUT2D eigenvalue weighted by Crippen LogP contribution is -2.26. The summed E-state index contributed by atoms with van der Waals surface area (Å²) in [7, 11) is -2.01. The second kappa shape index (κ2) is 6.17. The number of aliphatic hydroxyl groups excluding tert-OH is 1. The van der Waals surface area contributed by atoms with E-state index in [1.54, 1.807) is 19.2 Å². The van der Waals surface area contributed by atoms with E-state index in [4.69, 9.17) is 9.84 Å². The van der Waals surface area contributed by atoms with E-state index in [9.17, 15) is 8.42 Å². The zero-order valence-electron chi connectivity index (χ0n) is 10.8. The number of hydrogen-bond acceptors (Lipinski definition) is 4. The van der Waals surface area contributed by atoms with Gasteiger partial charge in [0, 0.05) is 6.54 Å². The Morgan fingerprint density at radius 1 is 1.39 bits per heavy atom. The molecule has 102 valence electrons. The van der Waals surface area contributed by atoms with Gasteiger partial charge in [-0.25, -0.2) is 13.1 Å². The Hall–Kier alpha value is -1.11. The molecule has 0 aliphatic heterocycles. The van der Waals surface area contributed by atoms with Gasteiger partial charge in [-0.05, 0) is 29.7 Å². The predicted molar refractivity (Wildman–Crippen MR) is 69.4 cm³/mol. The van der Waals surface area contributed by atoms with Gasteiger partial charge in [0.25, 0.3) is 0 Å². The fourth-order valence-electron chi connectivity index (χ4n) is 1.59. The number of benzene rings is 1. The van der Waals surface area contributed by atoms with Gasteiger partial charge >= 0.3 is 0 Å². The molecule has 18 heavy (non-hydrogen) atoms. The van der Waals surface area contributed by atoms with E-state index in [-0.39, 0.29) is 24.0 Å². The summed E-state index contributed by atoms with van der Waals surface area (Å²) in [6.45, 7) is 3.71. The van der Waals surface area contributed by atoms with Crippen molar-refractivity contribution >= 4 is 10.0 Å². The summed E-state index contributed by atoms with van der Waals surface area (Å²) >= 11 is 0. The van der Waals surface area contributed by atoms with Gasteiger partial charge in [0.05, 0.1) is 18.6 Å². The van der Waals surface area contributed by atoms with E-state index < -0.39 is 10.0 Å². The van der Waals surface area contributed by atoms with Crippen molar-refractivity contribution in [2.45, 2.75) is 24.7 Å². The molecule has 1 aromatic rings. The molecule has 0 aromatic heterocycles. The maximum atomic E-state index is 11.9. The van der Waals surface area contributed by atoms with Crippen molar-refractivity contribution in [1.29, 1.82) is 0 Å². The molecule has 1 rings (SSSR count). The van der Waals surface area contributed by atoms with E-state index in [0.29, 0.717) is 5.75 Å². The summed E-state index contributed by atoms with van der Waals surface area (Å²) in [4.78, 5) is 0.181. The molecule has 0 atom stereocenters. The van der Waals surface area contributed by atoms with E-state index in [1.807, 2.05) is 13.8 Å². The first-order chi connectivity index (χ1) is 8.42. The van der Waals surface area contributed by atoms with Gasteiger partial charge in [0.1, 0.15) is 5.75 Å². The molecule has 0 aliphatic rings. The van der Waals surface area contributed by atoms with Crippen LogP contribution in [0.1, 0.15) is 25.3 Å². The lowest BCUT2D eigenvalue weighted by molar-refractivity contribution is 0.301. The van der Waals surface area contributed by atoms with Crippen LogP contribution in [-0.4, -0.2) is 33.8 Å². The lowest BCUT2D eigenvalue weighted by atomic mass is 10.0. The third kappa shape index (κ3) is 3.44. The molecule has 6 heteroatoms. The lowest BCUT2D eigenvalue weighted by Gasteiger charge is -2.14. The zero-order chi connectivity index (χ0) is 13.8. The second-order valence-corrected chi connectivity index (χ2v) is 5.95. The Morgan fingerprint density at radius 2 is 2.06 bits per heavy atom. The Kier molecular flexibility index (Phi) is 5.13. The summed E-state index contributed by atoms with van der Waals surface area (Å²) in [6, 6.07) is 4.73. The van der Waals surface area contributed by atoms with Crippen molar-refractivity contribution in [2.24, 2.45) is 0 Å². The molecule has 0 aliphatic carbocycles. The Bertz CT molecular complexity index is 497. The van der Waals surface area contributed by atoms with Gasteiger partial charge in [-0.3, -0.25) is 0 Å². The smallest absolute Gasteiger partial charge is 0.240 e. The molecule has 2 N–H and O–H groups in total. The van der Waals surface area contributed by atoms with E-state index >= 15 is 0 Å². The van der Waals surface area contributed by atoms with Crippen LogP contribution in [0.2, 0.25) is 0 Å². The number of rotatable bonds is 6. The van der Waals surface area contributed by atoms with Crippen LogP contribution in [0, 0.1) is 0 Å². The van der Waals surface area contributed by atoms with Crippen LogP contribution in [0.15, 0.2) is 23.1 Å². The van der Waals surface area contributed by atoms with Gasteiger partial charge in [-0.15, -0.1) is 0 Å². The van der Waals surface area contributed by atoms with Crippen LogP contribution < -0.4 is 9.46 Å². The second-order valence-electron chi connectivity index (χ2n) is 4.18. The maximum absolute atomic E-state index is 11.9. The molecular formula is C12H19NO4S. The third-order valence-corrected chi connectivity index (χ3v) is 4.00. The molecule has 0 fully saturated rings. The summed E-state index contributed by atoms with van der Waals surface area (Å²) in [5, 5.41) is 8.65. The highest BCUT2D eigenvalue weighted by Crippen LogP contribution is 2.28. The molecule has 0 amide bonds. The predicted octanol–water partition coefficient (Wildman–Crippen LogP) is 1.09. The normalized spacial score (nSPS) is 11.8.